The Labute approximate surface area is 126 Å². The highest BCUT2D eigenvalue weighted by Gasteiger charge is 2.15. The van der Waals surface area contributed by atoms with Gasteiger partial charge in [-0.25, -0.2) is 4.79 Å². The van der Waals surface area contributed by atoms with Gasteiger partial charge in [0.05, 0.1) is 17.9 Å². The summed E-state index contributed by atoms with van der Waals surface area (Å²) in [6, 6.07) is 6.61. The van der Waals surface area contributed by atoms with Crippen molar-refractivity contribution in [2.45, 2.75) is 20.3 Å². The summed E-state index contributed by atoms with van der Waals surface area (Å²) in [5.74, 6) is -0.690. The van der Waals surface area contributed by atoms with E-state index in [9.17, 15) is 9.59 Å². The van der Waals surface area contributed by atoms with E-state index in [1.165, 1.54) is 0 Å². The monoisotopic (exact) mass is 305 g/mol. The van der Waals surface area contributed by atoms with Gasteiger partial charge in [-0.2, -0.15) is 0 Å². The van der Waals surface area contributed by atoms with Crippen LogP contribution in [0.5, 0.6) is 0 Å². The number of ether oxygens (including phenoxy) is 1. The molecule has 2 aromatic rings. The Morgan fingerprint density at radius 2 is 2.14 bits per heavy atom. The van der Waals surface area contributed by atoms with Crippen LogP contribution in [0.4, 0.5) is 5.69 Å². The van der Waals surface area contributed by atoms with Gasteiger partial charge < -0.3 is 10.1 Å². The fourth-order valence-electron chi connectivity index (χ4n) is 1.74. The molecule has 0 aliphatic rings. The van der Waals surface area contributed by atoms with E-state index in [0.717, 1.165) is 11.5 Å². The van der Waals surface area contributed by atoms with E-state index in [-0.39, 0.29) is 5.91 Å². The van der Waals surface area contributed by atoms with Gasteiger partial charge in [0.2, 0.25) is 0 Å². The average Bonchev–Trinajstić information content (AvgIpc) is 2.96. The van der Waals surface area contributed by atoms with Crippen LogP contribution >= 0.6 is 11.5 Å². The Morgan fingerprint density at radius 3 is 2.86 bits per heavy atom. The number of carbonyl (C=O) groups excluding carboxylic acids is 2. The molecule has 21 heavy (non-hydrogen) atoms. The lowest BCUT2D eigenvalue weighted by atomic mass is 10.2. The number of esters is 1. The molecular weight excluding hydrogens is 290 g/mol. The number of nitrogens with one attached hydrogen (secondary N) is 1. The molecule has 0 spiro atoms. The third-order valence-electron chi connectivity index (χ3n) is 2.73. The molecule has 1 amide bonds. The predicted molar refractivity (Wildman–Crippen MR) is 79.6 cm³/mol. The molecule has 1 aromatic heterocycles. The van der Waals surface area contributed by atoms with Crippen LogP contribution in [-0.4, -0.2) is 28.1 Å². The maximum atomic E-state index is 12.2. The average molecular weight is 305 g/mol. The molecule has 2 rings (SSSR count). The highest BCUT2D eigenvalue weighted by atomic mass is 32.1. The molecule has 7 heteroatoms. The fourth-order valence-corrected chi connectivity index (χ4v) is 2.38. The first kappa shape index (κ1) is 15.1. The van der Waals surface area contributed by atoms with Crippen molar-refractivity contribution >= 4 is 29.1 Å². The van der Waals surface area contributed by atoms with E-state index in [1.54, 1.807) is 31.2 Å². The van der Waals surface area contributed by atoms with Gasteiger partial charge in [-0.05, 0) is 43.1 Å². The van der Waals surface area contributed by atoms with Crippen molar-refractivity contribution in [2.75, 3.05) is 11.9 Å². The second-order valence-electron chi connectivity index (χ2n) is 4.16. The number of aromatic nitrogens is 2. The van der Waals surface area contributed by atoms with Gasteiger partial charge in [0, 0.05) is 5.69 Å². The molecule has 1 heterocycles. The molecule has 0 saturated carbocycles. The molecule has 0 bridgehead atoms. The molecule has 0 saturated heterocycles. The van der Waals surface area contributed by atoms with Crippen LogP contribution in [0, 0.1) is 0 Å². The lowest BCUT2D eigenvalue weighted by Crippen LogP contribution is -2.13. The maximum absolute atomic E-state index is 12.2. The van der Waals surface area contributed by atoms with Crippen LogP contribution in [0.15, 0.2) is 24.3 Å². The Hall–Kier alpha value is -2.28. The largest absolute Gasteiger partial charge is 0.462 e. The van der Waals surface area contributed by atoms with Gasteiger partial charge in [0.25, 0.3) is 5.91 Å². The van der Waals surface area contributed by atoms with Crippen LogP contribution in [0.2, 0.25) is 0 Å². The van der Waals surface area contributed by atoms with E-state index < -0.39 is 5.97 Å². The lowest BCUT2D eigenvalue weighted by Gasteiger charge is -2.06. The van der Waals surface area contributed by atoms with E-state index in [4.69, 9.17) is 4.74 Å². The van der Waals surface area contributed by atoms with Crippen LogP contribution in [0.3, 0.4) is 0 Å². The number of nitrogens with zero attached hydrogens (tertiary/aromatic N) is 2. The number of amides is 1. The summed E-state index contributed by atoms with van der Waals surface area (Å²) in [7, 11) is 0. The van der Waals surface area contributed by atoms with E-state index in [1.807, 2.05) is 6.92 Å². The Bertz CT molecular complexity index is 654. The van der Waals surface area contributed by atoms with Crippen molar-refractivity contribution in [3.05, 3.63) is 40.4 Å². The van der Waals surface area contributed by atoms with E-state index >= 15 is 0 Å². The normalized spacial score (nSPS) is 10.2. The highest BCUT2D eigenvalue weighted by molar-refractivity contribution is 7.08. The summed E-state index contributed by atoms with van der Waals surface area (Å²) in [5, 5.41) is 6.64. The van der Waals surface area contributed by atoms with Gasteiger partial charge >= 0.3 is 5.97 Å². The van der Waals surface area contributed by atoms with Crippen molar-refractivity contribution in [1.82, 2.24) is 9.59 Å². The summed E-state index contributed by atoms with van der Waals surface area (Å²) in [6.45, 7) is 3.96. The van der Waals surface area contributed by atoms with Gasteiger partial charge in [0.1, 0.15) is 4.88 Å². The summed E-state index contributed by atoms with van der Waals surface area (Å²) in [4.78, 5) is 24.3. The molecule has 0 atom stereocenters. The summed E-state index contributed by atoms with van der Waals surface area (Å²) in [5.41, 5.74) is 1.59. The predicted octanol–water partition coefficient (Wildman–Crippen LogP) is 2.53. The minimum Gasteiger partial charge on any atom is -0.462 e. The maximum Gasteiger partial charge on any atom is 0.338 e. The number of hydrogen-bond donors (Lipinski definition) is 1. The number of anilines is 1. The first-order valence-corrected chi connectivity index (χ1v) is 7.32. The van der Waals surface area contributed by atoms with Gasteiger partial charge in [0.15, 0.2) is 0 Å². The molecular formula is C14H15N3O3S. The number of carbonyl (C=O) groups is 2. The molecule has 0 unspecified atom stereocenters. The second kappa shape index (κ2) is 6.94. The van der Waals surface area contributed by atoms with Crippen molar-refractivity contribution in [3.63, 3.8) is 0 Å². The topological polar surface area (TPSA) is 81.2 Å². The van der Waals surface area contributed by atoms with Crippen molar-refractivity contribution in [2.24, 2.45) is 0 Å². The minimum absolute atomic E-state index is 0.275. The summed E-state index contributed by atoms with van der Waals surface area (Å²) < 4.78 is 8.71. The van der Waals surface area contributed by atoms with Crippen LogP contribution in [0.25, 0.3) is 0 Å². The zero-order valence-corrected chi connectivity index (χ0v) is 12.6. The summed E-state index contributed by atoms with van der Waals surface area (Å²) in [6.07, 6.45) is 0.641. The van der Waals surface area contributed by atoms with Gasteiger partial charge in [-0.15, -0.1) is 5.10 Å². The molecule has 0 aliphatic heterocycles. The third-order valence-corrected chi connectivity index (χ3v) is 3.50. The first-order valence-electron chi connectivity index (χ1n) is 6.55. The van der Waals surface area contributed by atoms with Crippen LogP contribution < -0.4 is 5.32 Å². The standard InChI is InChI=1S/C14H15N3O3S/c1-3-11-12(21-17-16-11)13(18)15-10-7-5-6-9(8-10)14(19)20-4-2/h5-8H,3-4H2,1-2H3,(H,15,18). The minimum atomic E-state index is -0.415. The second-order valence-corrected chi connectivity index (χ2v) is 4.91. The molecule has 110 valence electrons. The Kier molecular flexibility index (Phi) is 4.99. The lowest BCUT2D eigenvalue weighted by molar-refractivity contribution is 0.0526. The zero-order valence-electron chi connectivity index (χ0n) is 11.8. The highest BCUT2D eigenvalue weighted by Crippen LogP contribution is 2.16. The summed E-state index contributed by atoms with van der Waals surface area (Å²) >= 11 is 1.06. The molecule has 0 fully saturated rings. The quantitative estimate of drug-likeness (QED) is 0.858. The van der Waals surface area contributed by atoms with Gasteiger partial charge in [-0.1, -0.05) is 17.5 Å². The van der Waals surface area contributed by atoms with E-state index in [2.05, 4.69) is 14.9 Å². The smallest absolute Gasteiger partial charge is 0.338 e. The van der Waals surface area contributed by atoms with Crippen molar-refractivity contribution < 1.29 is 14.3 Å². The van der Waals surface area contributed by atoms with Crippen molar-refractivity contribution in [3.8, 4) is 0 Å². The zero-order chi connectivity index (χ0) is 15.2. The Balaban J connectivity index is 2.14. The molecule has 6 nitrogen and oxygen atoms in total. The fraction of sp³-hybridized carbons (Fsp3) is 0.286. The van der Waals surface area contributed by atoms with Crippen LogP contribution in [0.1, 0.15) is 39.6 Å². The third kappa shape index (κ3) is 3.63. The molecule has 1 aromatic carbocycles. The SMILES string of the molecule is CCOC(=O)c1cccc(NC(=O)c2snnc2CC)c1. The van der Waals surface area contributed by atoms with Gasteiger partial charge in [-0.3, -0.25) is 4.79 Å². The molecule has 0 radical (unpaired) electrons. The van der Waals surface area contributed by atoms with E-state index in [0.29, 0.717) is 34.8 Å². The number of rotatable bonds is 5. The van der Waals surface area contributed by atoms with Crippen molar-refractivity contribution in [1.29, 1.82) is 0 Å². The number of aryl methyl sites for hydroxylation is 1. The Morgan fingerprint density at radius 1 is 1.33 bits per heavy atom. The van der Waals surface area contributed by atoms with Crippen LogP contribution in [-0.2, 0) is 11.2 Å². The number of benzene rings is 1. The molecule has 1 N–H and O–H groups in total. The first-order chi connectivity index (χ1) is 10.2. The number of hydrogen-bond acceptors (Lipinski definition) is 6. The molecule has 0 aliphatic carbocycles.